The molecule has 1 aliphatic heterocycles. The van der Waals surface area contributed by atoms with E-state index in [-0.39, 0.29) is 29.1 Å². The Morgan fingerprint density at radius 3 is 2.64 bits per heavy atom. The molecule has 1 heterocycles. The van der Waals surface area contributed by atoms with Gasteiger partial charge < -0.3 is 30.1 Å². The molecule has 3 aliphatic carbocycles. The second-order valence-corrected chi connectivity index (χ2v) is 12.3. The minimum absolute atomic E-state index is 0.0353. The Kier molecular flexibility index (Phi) is 7.59. The first-order chi connectivity index (χ1) is 16.9. The molecule has 0 spiro atoms. The summed E-state index contributed by atoms with van der Waals surface area (Å²) in [5.41, 5.74) is 0.804. The van der Waals surface area contributed by atoms with Crippen LogP contribution in [0.4, 0.5) is 0 Å². The molecule has 0 aromatic heterocycles. The lowest BCUT2D eigenvalue weighted by Gasteiger charge is -2.59. The van der Waals surface area contributed by atoms with E-state index >= 15 is 0 Å². The number of allylic oxidation sites excluding steroid dienone is 3. The number of amides is 1. The molecule has 1 amide bonds. The molecule has 8 nitrogen and oxygen atoms in total. The van der Waals surface area contributed by atoms with Crippen molar-refractivity contribution in [3.8, 4) is 0 Å². The van der Waals surface area contributed by atoms with Gasteiger partial charge in [-0.25, -0.2) is 0 Å². The van der Waals surface area contributed by atoms with Crippen molar-refractivity contribution in [1.82, 2.24) is 5.32 Å². The lowest BCUT2D eigenvalue weighted by Crippen LogP contribution is -2.65. The number of Topliss-reactive ketones (excluding diaryl/α,β-unsaturated/α-hetero) is 1. The molecule has 0 unspecified atom stereocenters. The average Bonchev–Trinajstić information content (AvgIpc) is 2.84. The third-order valence-electron chi connectivity index (χ3n) is 9.86. The van der Waals surface area contributed by atoms with Crippen LogP contribution in [0.5, 0.6) is 0 Å². The van der Waals surface area contributed by atoms with Crippen molar-refractivity contribution in [3.63, 3.8) is 0 Å². The summed E-state index contributed by atoms with van der Waals surface area (Å²) in [5, 5.41) is 33.1. The minimum Gasteiger partial charge on any atom is -0.394 e. The number of carbonyl (C=O) groups is 2. The zero-order valence-corrected chi connectivity index (χ0v) is 22.0. The fourth-order valence-corrected chi connectivity index (χ4v) is 7.51. The van der Waals surface area contributed by atoms with Crippen molar-refractivity contribution in [2.75, 3.05) is 13.2 Å². The summed E-state index contributed by atoms with van der Waals surface area (Å²) in [6, 6.07) is -1.03. The van der Waals surface area contributed by atoms with E-state index in [1.165, 1.54) is 12.5 Å². The van der Waals surface area contributed by atoms with Crippen LogP contribution in [-0.2, 0) is 19.1 Å². The van der Waals surface area contributed by atoms with Gasteiger partial charge in [-0.3, -0.25) is 9.59 Å². The first kappa shape index (κ1) is 27.5. The largest absolute Gasteiger partial charge is 0.394 e. The summed E-state index contributed by atoms with van der Waals surface area (Å²) in [6.45, 7) is 11.5. The molecule has 8 heteroatoms. The molecular formula is C28H43NO7. The van der Waals surface area contributed by atoms with Gasteiger partial charge in [0.15, 0.2) is 6.29 Å². The van der Waals surface area contributed by atoms with Gasteiger partial charge in [0.25, 0.3) is 0 Å². The summed E-state index contributed by atoms with van der Waals surface area (Å²) in [6.07, 6.45) is 4.80. The highest BCUT2D eigenvalue weighted by Crippen LogP contribution is 2.63. The number of ketones is 1. The van der Waals surface area contributed by atoms with Crippen molar-refractivity contribution in [2.45, 2.75) is 96.9 Å². The number of ether oxygens (including phenoxy) is 2. The van der Waals surface area contributed by atoms with Gasteiger partial charge in [-0.1, -0.05) is 38.5 Å². The van der Waals surface area contributed by atoms with Crippen molar-refractivity contribution < 1.29 is 34.4 Å². The topological polar surface area (TPSA) is 125 Å². The maximum absolute atomic E-state index is 13.4. The first-order valence-corrected chi connectivity index (χ1v) is 13.3. The van der Waals surface area contributed by atoms with Crippen LogP contribution >= 0.6 is 0 Å². The van der Waals surface area contributed by atoms with Crippen molar-refractivity contribution in [1.29, 1.82) is 0 Å². The van der Waals surface area contributed by atoms with Crippen LogP contribution in [0.25, 0.3) is 0 Å². The standard InChI is InChI=1S/C28H43NO7/c1-6-26(3)11-9-18-17(13-26)7-8-20-27(18,4)12-10-21(32)28(20,5)15-35-25-22(29-16(2)31)24(34)23(33)19(14-30)36-25/h6-7,18-20,22-25,30,33-34H,1,8-15H2,2-5H3,(H,29,31)/t18-,19+,20+,22+,23+,24+,25-,26-,27+,28+/m0/s1. The SMILES string of the molecule is C=C[C@@]1(C)CC[C@H]2C(=CC[C@@H]3[C@]2(C)CCC(=O)[C@]3(C)CO[C@H]2O[C@H](CO)[C@@H](O)[C@H](O)[C@H]2NC(C)=O)C1. The molecule has 1 saturated heterocycles. The fraction of sp³-hybridized carbons (Fsp3) is 0.786. The van der Waals surface area contributed by atoms with Gasteiger partial charge in [0, 0.05) is 13.3 Å². The third-order valence-corrected chi connectivity index (χ3v) is 9.86. The predicted molar refractivity (Wildman–Crippen MR) is 134 cm³/mol. The molecule has 3 fully saturated rings. The Hall–Kier alpha value is -1.58. The van der Waals surface area contributed by atoms with E-state index in [0.717, 1.165) is 32.1 Å². The molecule has 0 aromatic carbocycles. The molecule has 10 atom stereocenters. The van der Waals surface area contributed by atoms with Crippen LogP contribution in [0, 0.1) is 28.1 Å². The van der Waals surface area contributed by atoms with E-state index in [4.69, 9.17) is 9.47 Å². The third kappa shape index (κ3) is 4.60. The fourth-order valence-electron chi connectivity index (χ4n) is 7.51. The summed E-state index contributed by atoms with van der Waals surface area (Å²) in [5.74, 6) is 0.248. The number of rotatable bonds is 6. The molecule has 4 N–H and O–H groups in total. The second kappa shape index (κ2) is 9.95. The number of nitrogens with one attached hydrogen (secondary N) is 1. The van der Waals surface area contributed by atoms with Crippen molar-refractivity contribution >= 4 is 11.7 Å². The first-order valence-electron chi connectivity index (χ1n) is 13.3. The maximum atomic E-state index is 13.4. The molecule has 0 radical (unpaired) electrons. The van der Waals surface area contributed by atoms with E-state index in [1.807, 2.05) is 6.92 Å². The molecule has 0 bridgehead atoms. The number of hydrogen-bond donors (Lipinski definition) is 4. The second-order valence-electron chi connectivity index (χ2n) is 12.3. The smallest absolute Gasteiger partial charge is 0.217 e. The monoisotopic (exact) mass is 505 g/mol. The Labute approximate surface area is 214 Å². The van der Waals surface area contributed by atoms with Gasteiger partial charge in [-0.15, -0.1) is 6.58 Å². The summed E-state index contributed by atoms with van der Waals surface area (Å²) < 4.78 is 11.9. The van der Waals surface area contributed by atoms with Crippen LogP contribution in [0.15, 0.2) is 24.3 Å². The van der Waals surface area contributed by atoms with Gasteiger partial charge in [0.2, 0.25) is 5.91 Å². The molecule has 4 rings (SSSR count). The lowest BCUT2D eigenvalue weighted by molar-refractivity contribution is -0.278. The molecule has 4 aliphatic rings. The highest BCUT2D eigenvalue weighted by Gasteiger charge is 2.59. The highest BCUT2D eigenvalue weighted by molar-refractivity contribution is 5.86. The normalized spacial score (nSPS) is 46.8. The number of aliphatic hydroxyl groups excluding tert-OH is 3. The number of carbonyl (C=O) groups excluding carboxylic acids is 2. The van der Waals surface area contributed by atoms with Gasteiger partial charge in [-0.05, 0) is 54.8 Å². The van der Waals surface area contributed by atoms with Crippen molar-refractivity contribution in [3.05, 3.63) is 24.3 Å². The van der Waals surface area contributed by atoms with E-state index in [9.17, 15) is 24.9 Å². The zero-order chi connectivity index (χ0) is 26.5. The predicted octanol–water partition coefficient (Wildman–Crippen LogP) is 2.26. The van der Waals surface area contributed by atoms with Gasteiger partial charge >= 0.3 is 0 Å². The summed E-state index contributed by atoms with van der Waals surface area (Å²) >= 11 is 0. The number of fused-ring (bicyclic) bond motifs is 3. The van der Waals surface area contributed by atoms with E-state index < -0.39 is 48.6 Å². The molecule has 36 heavy (non-hydrogen) atoms. The van der Waals surface area contributed by atoms with Crippen LogP contribution in [-0.4, -0.2) is 70.9 Å². The Bertz CT molecular complexity index is 920. The maximum Gasteiger partial charge on any atom is 0.217 e. The van der Waals surface area contributed by atoms with Crippen LogP contribution in [0.3, 0.4) is 0 Å². The summed E-state index contributed by atoms with van der Waals surface area (Å²) in [7, 11) is 0. The zero-order valence-electron chi connectivity index (χ0n) is 22.0. The van der Waals surface area contributed by atoms with E-state index in [2.05, 4.69) is 37.9 Å². The molecule has 0 aromatic rings. The van der Waals surface area contributed by atoms with Crippen molar-refractivity contribution in [2.24, 2.45) is 28.1 Å². The Morgan fingerprint density at radius 1 is 1.28 bits per heavy atom. The van der Waals surface area contributed by atoms with Crippen LogP contribution in [0.1, 0.15) is 66.2 Å². The molecule has 2 saturated carbocycles. The van der Waals surface area contributed by atoms with Gasteiger partial charge in [0.1, 0.15) is 30.1 Å². The van der Waals surface area contributed by atoms with Crippen LogP contribution in [0.2, 0.25) is 0 Å². The summed E-state index contributed by atoms with van der Waals surface area (Å²) in [4.78, 5) is 25.2. The lowest BCUT2D eigenvalue weighted by atomic mass is 9.45. The Morgan fingerprint density at radius 2 is 2.00 bits per heavy atom. The quantitative estimate of drug-likeness (QED) is 0.408. The van der Waals surface area contributed by atoms with Gasteiger partial charge in [-0.2, -0.15) is 0 Å². The number of aliphatic hydroxyl groups is 3. The highest BCUT2D eigenvalue weighted by atomic mass is 16.7. The van der Waals surface area contributed by atoms with E-state index in [1.54, 1.807) is 0 Å². The average molecular weight is 506 g/mol. The van der Waals surface area contributed by atoms with E-state index in [0.29, 0.717) is 12.3 Å². The number of hydrogen-bond acceptors (Lipinski definition) is 7. The minimum atomic E-state index is -1.38. The molecular weight excluding hydrogens is 462 g/mol. The Balaban J connectivity index is 1.57. The molecule has 202 valence electrons. The van der Waals surface area contributed by atoms with Gasteiger partial charge in [0.05, 0.1) is 18.6 Å². The van der Waals surface area contributed by atoms with Crippen LogP contribution < -0.4 is 5.32 Å².